The van der Waals surface area contributed by atoms with Crippen LogP contribution in [0.25, 0.3) is 10.8 Å². The van der Waals surface area contributed by atoms with E-state index in [0.29, 0.717) is 71.8 Å². The lowest BCUT2D eigenvalue weighted by Gasteiger charge is -2.23. The largest absolute Gasteiger partial charge is 0.508 e. The summed E-state index contributed by atoms with van der Waals surface area (Å²) >= 11 is 0. The van der Waals surface area contributed by atoms with E-state index in [9.17, 15) is 14.3 Å². The lowest BCUT2D eigenvalue weighted by atomic mass is 9.99. The van der Waals surface area contributed by atoms with E-state index in [1.165, 1.54) is 17.0 Å². The molecule has 0 spiro atoms. The molecule has 1 saturated heterocycles. The van der Waals surface area contributed by atoms with Crippen LogP contribution < -0.4 is 14.5 Å². The van der Waals surface area contributed by atoms with Gasteiger partial charge >= 0.3 is 6.01 Å². The Morgan fingerprint density at radius 1 is 1.26 bits per heavy atom. The summed E-state index contributed by atoms with van der Waals surface area (Å²) in [5.74, 6) is 2.18. The molecule has 1 N–H and O–H groups in total. The van der Waals surface area contributed by atoms with Crippen LogP contribution in [-0.2, 0) is 17.7 Å². The van der Waals surface area contributed by atoms with Crippen LogP contribution in [0, 0.1) is 18.2 Å². The number of carbonyl (C=O) groups is 1. The zero-order chi connectivity index (χ0) is 24.5. The average molecular weight is 477 g/mol. The number of phenolic OH excluding ortho intramolecular Hbond substituents is 1. The van der Waals surface area contributed by atoms with Gasteiger partial charge in [0.15, 0.2) is 6.61 Å². The van der Waals surface area contributed by atoms with Crippen molar-refractivity contribution in [1.29, 1.82) is 0 Å². The molecule has 35 heavy (non-hydrogen) atoms. The highest BCUT2D eigenvalue weighted by Crippen LogP contribution is 2.40. The Kier molecular flexibility index (Phi) is 6.14. The van der Waals surface area contributed by atoms with Gasteiger partial charge in [0, 0.05) is 31.1 Å². The molecule has 1 amide bonds. The summed E-state index contributed by atoms with van der Waals surface area (Å²) in [7, 11) is 0. The van der Waals surface area contributed by atoms with Crippen LogP contribution in [0.4, 0.5) is 15.9 Å². The number of aromatic nitrogens is 2. The number of terminal acetylenes is 1. The molecule has 3 aromatic rings. The molecule has 5 rings (SSSR count). The van der Waals surface area contributed by atoms with Crippen LogP contribution in [0.1, 0.15) is 35.0 Å². The average Bonchev–Trinajstić information content (AvgIpc) is 3.01. The second-order valence-corrected chi connectivity index (χ2v) is 8.43. The minimum absolute atomic E-state index is 0.00463. The summed E-state index contributed by atoms with van der Waals surface area (Å²) in [6, 6.07) is 6.14. The number of nitrogens with zero attached hydrogens (tertiary/aromatic N) is 4. The summed E-state index contributed by atoms with van der Waals surface area (Å²) in [4.78, 5) is 26.4. The van der Waals surface area contributed by atoms with E-state index in [-0.39, 0.29) is 36.6 Å². The maximum Gasteiger partial charge on any atom is 0.319 e. The van der Waals surface area contributed by atoms with Gasteiger partial charge in [-0.2, -0.15) is 9.97 Å². The van der Waals surface area contributed by atoms with Crippen molar-refractivity contribution in [3.63, 3.8) is 0 Å². The number of benzene rings is 2. The Balaban J connectivity index is 1.65. The number of anilines is 2. The van der Waals surface area contributed by atoms with E-state index in [4.69, 9.17) is 15.9 Å². The fraction of sp³-hybridized carbons (Fsp3) is 0.346. The first-order chi connectivity index (χ1) is 17.0. The van der Waals surface area contributed by atoms with Crippen LogP contribution in [-0.4, -0.2) is 53.9 Å². The number of halogens is 1. The number of hydrogen-bond donors (Lipinski definition) is 1. The first-order valence-corrected chi connectivity index (χ1v) is 11.6. The van der Waals surface area contributed by atoms with E-state index in [1.807, 2.05) is 11.8 Å². The van der Waals surface area contributed by atoms with Crippen molar-refractivity contribution < 1.29 is 23.8 Å². The normalized spacial score (nSPS) is 15.7. The highest BCUT2D eigenvalue weighted by Gasteiger charge is 2.37. The van der Waals surface area contributed by atoms with Crippen molar-refractivity contribution in [2.24, 2.45) is 0 Å². The third kappa shape index (κ3) is 4.10. The number of aromatic hydroxyl groups is 1. The van der Waals surface area contributed by atoms with E-state index in [0.717, 1.165) is 6.42 Å². The predicted octanol–water partition coefficient (Wildman–Crippen LogP) is 3.44. The van der Waals surface area contributed by atoms with Crippen LogP contribution in [0.3, 0.4) is 0 Å². The molecule has 2 aliphatic rings. The maximum absolute atomic E-state index is 14.7. The van der Waals surface area contributed by atoms with Gasteiger partial charge in [-0.1, -0.05) is 18.9 Å². The van der Waals surface area contributed by atoms with Crippen molar-refractivity contribution in [2.75, 3.05) is 42.7 Å². The fourth-order valence-electron chi connectivity index (χ4n) is 4.75. The molecular formula is C26H25FN4O4. The van der Waals surface area contributed by atoms with Gasteiger partial charge in [0.2, 0.25) is 0 Å². The Bertz CT molecular complexity index is 1350. The molecule has 2 aromatic carbocycles. The maximum atomic E-state index is 14.7. The van der Waals surface area contributed by atoms with Gasteiger partial charge in [0.25, 0.3) is 5.91 Å². The van der Waals surface area contributed by atoms with Gasteiger partial charge in [-0.25, -0.2) is 4.39 Å². The van der Waals surface area contributed by atoms with E-state index >= 15 is 0 Å². The molecule has 9 heteroatoms. The number of hydrogen-bond acceptors (Lipinski definition) is 7. The Morgan fingerprint density at radius 2 is 2.11 bits per heavy atom. The molecule has 0 saturated carbocycles. The Morgan fingerprint density at radius 3 is 2.91 bits per heavy atom. The van der Waals surface area contributed by atoms with Crippen molar-refractivity contribution in [2.45, 2.75) is 26.3 Å². The number of amides is 1. The molecule has 1 fully saturated rings. The topological polar surface area (TPSA) is 88.0 Å². The molecule has 2 aliphatic heterocycles. The standard InChI is InChI=1S/C26H25FN4O4/c1-3-10-35-26-28-20-15-31(25(33)23(20)24(29-26)30-8-5-11-34-12-9-30)21-14-17(32)13-16-6-7-19(27)18(4-2)22(16)21/h1,6-7,13-14,32H,4-5,8-12,15H2,2H3. The summed E-state index contributed by atoms with van der Waals surface area (Å²) in [5.41, 5.74) is 1.76. The molecule has 0 bridgehead atoms. The first kappa shape index (κ1) is 22.9. The quantitative estimate of drug-likeness (QED) is 0.565. The molecule has 180 valence electrons. The lowest BCUT2D eigenvalue weighted by molar-refractivity contribution is 0.0997. The first-order valence-electron chi connectivity index (χ1n) is 11.6. The second-order valence-electron chi connectivity index (χ2n) is 8.43. The van der Waals surface area contributed by atoms with Crippen LogP contribution >= 0.6 is 0 Å². The van der Waals surface area contributed by atoms with Crippen molar-refractivity contribution in [3.8, 4) is 24.1 Å². The van der Waals surface area contributed by atoms with E-state index in [1.54, 1.807) is 12.1 Å². The second kappa shape index (κ2) is 9.39. The molecular weight excluding hydrogens is 451 g/mol. The summed E-state index contributed by atoms with van der Waals surface area (Å²) in [6.07, 6.45) is 6.56. The molecule has 0 atom stereocenters. The predicted molar refractivity (Wildman–Crippen MR) is 129 cm³/mol. The third-order valence-corrected chi connectivity index (χ3v) is 6.29. The summed E-state index contributed by atoms with van der Waals surface area (Å²) in [5, 5.41) is 11.7. The Hall–Kier alpha value is -3.90. The zero-order valence-corrected chi connectivity index (χ0v) is 19.4. The van der Waals surface area contributed by atoms with E-state index in [2.05, 4.69) is 15.9 Å². The van der Waals surface area contributed by atoms with Gasteiger partial charge in [0.1, 0.15) is 22.9 Å². The molecule has 0 aliphatic carbocycles. The van der Waals surface area contributed by atoms with Crippen molar-refractivity contribution >= 4 is 28.2 Å². The number of rotatable bonds is 5. The van der Waals surface area contributed by atoms with Crippen LogP contribution in [0.5, 0.6) is 11.8 Å². The number of phenols is 1. The van der Waals surface area contributed by atoms with Gasteiger partial charge in [0.05, 0.1) is 24.5 Å². The molecule has 8 nitrogen and oxygen atoms in total. The minimum Gasteiger partial charge on any atom is -0.508 e. The summed E-state index contributed by atoms with van der Waals surface area (Å²) in [6.45, 7) is 4.33. The van der Waals surface area contributed by atoms with Gasteiger partial charge in [-0.3, -0.25) is 4.79 Å². The van der Waals surface area contributed by atoms with Gasteiger partial charge < -0.3 is 24.4 Å². The molecule has 0 unspecified atom stereocenters. The lowest BCUT2D eigenvalue weighted by Crippen LogP contribution is -2.30. The highest BCUT2D eigenvalue weighted by molar-refractivity contribution is 6.16. The third-order valence-electron chi connectivity index (χ3n) is 6.29. The number of fused-ring (bicyclic) bond motifs is 2. The van der Waals surface area contributed by atoms with Crippen LogP contribution in [0.2, 0.25) is 0 Å². The minimum atomic E-state index is -0.355. The Labute approximate surface area is 202 Å². The SMILES string of the molecule is C#CCOc1nc2c(c(N3CCCOCC3)n1)C(=O)N(c1cc(O)cc3ccc(F)c(CC)c13)C2. The monoisotopic (exact) mass is 476 g/mol. The van der Waals surface area contributed by atoms with Crippen LogP contribution in [0.15, 0.2) is 24.3 Å². The molecule has 0 radical (unpaired) electrons. The van der Waals surface area contributed by atoms with Gasteiger partial charge in [-0.05, 0) is 35.9 Å². The summed E-state index contributed by atoms with van der Waals surface area (Å²) < 4.78 is 25.8. The fourth-order valence-corrected chi connectivity index (χ4v) is 4.75. The molecule has 3 heterocycles. The molecule has 1 aromatic heterocycles. The number of ether oxygens (including phenoxy) is 2. The van der Waals surface area contributed by atoms with Crippen molar-refractivity contribution in [3.05, 3.63) is 46.9 Å². The zero-order valence-electron chi connectivity index (χ0n) is 19.4. The van der Waals surface area contributed by atoms with Gasteiger partial charge in [-0.15, -0.1) is 6.42 Å². The number of aryl methyl sites for hydroxylation is 1. The van der Waals surface area contributed by atoms with E-state index < -0.39 is 0 Å². The highest BCUT2D eigenvalue weighted by atomic mass is 19.1. The smallest absolute Gasteiger partial charge is 0.319 e. The number of carbonyl (C=O) groups excluding carboxylic acids is 1. The van der Waals surface area contributed by atoms with Crippen molar-refractivity contribution in [1.82, 2.24) is 9.97 Å².